The molecule has 1 N–H and O–H groups in total. The number of carbonyl (C=O) groups is 1. The zero-order valence-electron chi connectivity index (χ0n) is 11.8. The molecule has 1 saturated heterocycles. The van der Waals surface area contributed by atoms with E-state index < -0.39 is 0 Å². The lowest BCUT2D eigenvalue weighted by Gasteiger charge is -2.29. The quantitative estimate of drug-likeness (QED) is 0.833. The molecule has 3 heteroatoms. The topological polar surface area (TPSA) is 32.3 Å². The summed E-state index contributed by atoms with van der Waals surface area (Å²) in [6.07, 6.45) is 9.87. The Morgan fingerprint density at radius 3 is 2.39 bits per heavy atom. The van der Waals surface area contributed by atoms with Crippen LogP contribution in [0.5, 0.6) is 0 Å². The van der Waals surface area contributed by atoms with Gasteiger partial charge in [0.1, 0.15) is 0 Å². The van der Waals surface area contributed by atoms with Gasteiger partial charge in [0.25, 0.3) is 0 Å². The molecule has 2 fully saturated rings. The van der Waals surface area contributed by atoms with Crippen LogP contribution in [-0.2, 0) is 4.79 Å². The van der Waals surface area contributed by atoms with Gasteiger partial charge in [0.2, 0.25) is 5.91 Å². The van der Waals surface area contributed by atoms with Gasteiger partial charge >= 0.3 is 0 Å². The third kappa shape index (κ3) is 4.27. The number of nitrogens with zero attached hydrogens (tertiary/aromatic N) is 1. The third-order valence-corrected chi connectivity index (χ3v) is 4.60. The van der Waals surface area contributed by atoms with E-state index in [0.29, 0.717) is 11.8 Å². The minimum atomic E-state index is 0.368. The molecule has 0 atom stereocenters. The van der Waals surface area contributed by atoms with Crippen molar-refractivity contribution in [3.05, 3.63) is 0 Å². The highest BCUT2D eigenvalue weighted by Crippen LogP contribution is 2.25. The van der Waals surface area contributed by atoms with Gasteiger partial charge in [0.15, 0.2) is 0 Å². The Hall–Kier alpha value is -0.570. The predicted molar refractivity (Wildman–Crippen MR) is 74.4 cm³/mol. The molecule has 0 spiro atoms. The zero-order chi connectivity index (χ0) is 12.8. The first-order valence-electron chi connectivity index (χ1n) is 7.70. The van der Waals surface area contributed by atoms with Gasteiger partial charge in [0.05, 0.1) is 0 Å². The highest BCUT2D eigenvalue weighted by atomic mass is 16.2. The van der Waals surface area contributed by atoms with Gasteiger partial charge in [-0.2, -0.15) is 0 Å². The van der Waals surface area contributed by atoms with Gasteiger partial charge in [-0.15, -0.1) is 0 Å². The van der Waals surface area contributed by atoms with Gasteiger partial charge in [0, 0.05) is 20.0 Å². The summed E-state index contributed by atoms with van der Waals surface area (Å²) in [5.41, 5.74) is 0. The van der Waals surface area contributed by atoms with E-state index in [9.17, 15) is 4.79 Å². The molecule has 1 saturated carbocycles. The monoisotopic (exact) mass is 252 g/mol. The van der Waals surface area contributed by atoms with E-state index in [1.807, 2.05) is 11.9 Å². The summed E-state index contributed by atoms with van der Waals surface area (Å²) in [6.45, 7) is 3.17. The summed E-state index contributed by atoms with van der Waals surface area (Å²) in [7, 11) is 2.00. The van der Waals surface area contributed by atoms with Crippen molar-refractivity contribution in [2.45, 2.75) is 51.4 Å². The van der Waals surface area contributed by atoms with Crippen molar-refractivity contribution in [3.8, 4) is 0 Å². The summed E-state index contributed by atoms with van der Waals surface area (Å²) < 4.78 is 0. The summed E-state index contributed by atoms with van der Waals surface area (Å²) in [4.78, 5) is 14.2. The van der Waals surface area contributed by atoms with Crippen molar-refractivity contribution in [1.29, 1.82) is 0 Å². The Balaban J connectivity index is 1.69. The minimum Gasteiger partial charge on any atom is -0.345 e. The Morgan fingerprint density at radius 1 is 1.06 bits per heavy atom. The maximum absolute atomic E-state index is 12.2. The number of carbonyl (C=O) groups excluding carboxylic acids is 1. The highest BCUT2D eigenvalue weighted by Gasteiger charge is 2.21. The van der Waals surface area contributed by atoms with E-state index in [1.54, 1.807) is 0 Å². The van der Waals surface area contributed by atoms with E-state index in [2.05, 4.69) is 5.32 Å². The zero-order valence-corrected chi connectivity index (χ0v) is 11.8. The van der Waals surface area contributed by atoms with E-state index in [1.165, 1.54) is 44.9 Å². The molecule has 2 rings (SSSR count). The fourth-order valence-electron chi connectivity index (χ4n) is 3.35. The van der Waals surface area contributed by atoms with Gasteiger partial charge in [-0.05, 0) is 50.6 Å². The van der Waals surface area contributed by atoms with Crippen molar-refractivity contribution in [2.75, 3.05) is 26.7 Å². The molecule has 2 aliphatic rings. The highest BCUT2D eigenvalue weighted by molar-refractivity contribution is 5.76. The van der Waals surface area contributed by atoms with Gasteiger partial charge in [-0.1, -0.05) is 19.3 Å². The molecule has 0 radical (unpaired) electrons. The standard InChI is InChI=1S/C15H28N2O/c1-17(12-14-5-3-2-4-6-14)15(18)11-13-7-9-16-10-8-13/h13-14,16H,2-12H2,1H3. The molecule has 1 aliphatic heterocycles. The van der Waals surface area contributed by atoms with E-state index in [0.717, 1.165) is 32.0 Å². The molecule has 1 aliphatic carbocycles. The molecule has 18 heavy (non-hydrogen) atoms. The molecule has 104 valence electrons. The smallest absolute Gasteiger partial charge is 0.222 e. The van der Waals surface area contributed by atoms with Crippen LogP contribution in [0.3, 0.4) is 0 Å². The molecular weight excluding hydrogens is 224 g/mol. The van der Waals surface area contributed by atoms with Crippen LogP contribution < -0.4 is 5.32 Å². The Bertz CT molecular complexity index is 255. The SMILES string of the molecule is CN(CC1CCCCC1)C(=O)CC1CCNCC1. The summed E-state index contributed by atoms with van der Waals surface area (Å²) in [5.74, 6) is 1.75. The van der Waals surface area contributed by atoms with Crippen LogP contribution in [0, 0.1) is 11.8 Å². The third-order valence-electron chi connectivity index (χ3n) is 4.60. The molecule has 0 aromatic carbocycles. The molecule has 1 amide bonds. The fourth-order valence-corrected chi connectivity index (χ4v) is 3.35. The molecule has 0 bridgehead atoms. The number of nitrogens with one attached hydrogen (secondary N) is 1. The van der Waals surface area contributed by atoms with Crippen LogP contribution in [-0.4, -0.2) is 37.5 Å². The van der Waals surface area contributed by atoms with Gasteiger partial charge in [-0.3, -0.25) is 4.79 Å². The Kier molecular flexibility index (Phi) is 5.48. The van der Waals surface area contributed by atoms with Crippen LogP contribution in [0.15, 0.2) is 0 Å². The Morgan fingerprint density at radius 2 is 1.72 bits per heavy atom. The van der Waals surface area contributed by atoms with Crippen LogP contribution in [0.2, 0.25) is 0 Å². The predicted octanol–water partition coefficient (Wildman–Crippen LogP) is 2.41. The van der Waals surface area contributed by atoms with E-state index >= 15 is 0 Å². The first-order chi connectivity index (χ1) is 8.75. The average Bonchev–Trinajstić information content (AvgIpc) is 2.41. The summed E-state index contributed by atoms with van der Waals surface area (Å²) in [5, 5.41) is 3.36. The average molecular weight is 252 g/mol. The lowest BCUT2D eigenvalue weighted by atomic mass is 9.88. The fraction of sp³-hybridized carbons (Fsp3) is 0.933. The van der Waals surface area contributed by atoms with E-state index in [4.69, 9.17) is 0 Å². The van der Waals surface area contributed by atoms with Crippen molar-refractivity contribution in [1.82, 2.24) is 10.2 Å². The van der Waals surface area contributed by atoms with Gasteiger partial charge in [-0.25, -0.2) is 0 Å². The molecular formula is C15H28N2O. The van der Waals surface area contributed by atoms with Crippen molar-refractivity contribution < 1.29 is 4.79 Å². The first-order valence-corrected chi connectivity index (χ1v) is 7.70. The van der Waals surface area contributed by atoms with Crippen LogP contribution >= 0.6 is 0 Å². The molecule has 0 aromatic heterocycles. The molecule has 0 aromatic rings. The Labute approximate surface area is 111 Å². The largest absolute Gasteiger partial charge is 0.345 e. The van der Waals surface area contributed by atoms with Crippen molar-refractivity contribution in [3.63, 3.8) is 0 Å². The molecule has 1 heterocycles. The van der Waals surface area contributed by atoms with Crippen LogP contribution in [0.1, 0.15) is 51.4 Å². The normalized spacial score (nSPS) is 22.9. The second-order valence-electron chi connectivity index (χ2n) is 6.18. The lowest BCUT2D eigenvalue weighted by Crippen LogP contribution is -2.36. The molecule has 3 nitrogen and oxygen atoms in total. The van der Waals surface area contributed by atoms with Crippen molar-refractivity contribution in [2.24, 2.45) is 11.8 Å². The van der Waals surface area contributed by atoms with Crippen LogP contribution in [0.4, 0.5) is 0 Å². The minimum absolute atomic E-state index is 0.368. The number of hydrogen-bond acceptors (Lipinski definition) is 2. The van der Waals surface area contributed by atoms with Crippen molar-refractivity contribution >= 4 is 5.91 Å². The molecule has 0 unspecified atom stereocenters. The number of amides is 1. The number of piperidine rings is 1. The lowest BCUT2D eigenvalue weighted by molar-refractivity contribution is -0.131. The summed E-state index contributed by atoms with van der Waals surface area (Å²) >= 11 is 0. The maximum Gasteiger partial charge on any atom is 0.222 e. The first kappa shape index (κ1) is 13.9. The second kappa shape index (κ2) is 7.13. The second-order valence-corrected chi connectivity index (χ2v) is 6.18. The van der Waals surface area contributed by atoms with Crippen LogP contribution in [0.25, 0.3) is 0 Å². The number of rotatable bonds is 4. The number of hydrogen-bond donors (Lipinski definition) is 1. The maximum atomic E-state index is 12.2. The van der Waals surface area contributed by atoms with Gasteiger partial charge < -0.3 is 10.2 Å². The van der Waals surface area contributed by atoms with E-state index in [-0.39, 0.29) is 0 Å². The summed E-state index contributed by atoms with van der Waals surface area (Å²) in [6, 6.07) is 0.